The number of hydrogen-bond donors (Lipinski definition) is 0. The standard InChI is InChI=1S/C14H10N2O3S2/c17-21(18,13-4-2-1-3-5-13)19-12-8-6-11(7-9-12)14-10-20-16-15-14/h1-10H. The van der Waals surface area contributed by atoms with E-state index in [1.165, 1.54) is 23.7 Å². The van der Waals surface area contributed by atoms with E-state index in [-0.39, 0.29) is 10.6 Å². The molecule has 0 N–H and O–H groups in total. The van der Waals surface area contributed by atoms with Crippen molar-refractivity contribution in [1.29, 1.82) is 0 Å². The Kier molecular flexibility index (Phi) is 3.68. The summed E-state index contributed by atoms with van der Waals surface area (Å²) in [7, 11) is -3.81. The van der Waals surface area contributed by atoms with Crippen molar-refractivity contribution >= 4 is 21.7 Å². The van der Waals surface area contributed by atoms with Crippen LogP contribution in [0.2, 0.25) is 0 Å². The first-order valence-electron chi connectivity index (χ1n) is 6.02. The Hall–Kier alpha value is -2.25. The Morgan fingerprint density at radius 3 is 2.29 bits per heavy atom. The summed E-state index contributed by atoms with van der Waals surface area (Å²) < 4.78 is 33.0. The second-order valence-electron chi connectivity index (χ2n) is 4.17. The zero-order chi connectivity index (χ0) is 14.7. The molecular formula is C14H10N2O3S2. The lowest BCUT2D eigenvalue weighted by atomic mass is 10.2. The van der Waals surface area contributed by atoms with E-state index in [2.05, 4.69) is 9.59 Å². The van der Waals surface area contributed by atoms with Gasteiger partial charge in [-0.15, -0.1) is 5.10 Å². The Morgan fingerprint density at radius 1 is 0.952 bits per heavy atom. The number of aromatic nitrogens is 2. The van der Waals surface area contributed by atoms with Crippen LogP contribution in [0.1, 0.15) is 0 Å². The molecule has 0 amide bonds. The normalized spacial score (nSPS) is 11.2. The first-order chi connectivity index (χ1) is 10.1. The monoisotopic (exact) mass is 318 g/mol. The van der Waals surface area contributed by atoms with Crippen LogP contribution >= 0.6 is 11.5 Å². The van der Waals surface area contributed by atoms with Crippen LogP contribution in [0, 0.1) is 0 Å². The van der Waals surface area contributed by atoms with Gasteiger partial charge in [-0.05, 0) is 47.9 Å². The van der Waals surface area contributed by atoms with E-state index in [0.29, 0.717) is 0 Å². The molecule has 3 aromatic rings. The predicted octanol–water partition coefficient (Wildman–Crippen LogP) is 2.97. The van der Waals surface area contributed by atoms with Gasteiger partial charge in [-0.3, -0.25) is 0 Å². The molecule has 0 fully saturated rings. The fourth-order valence-electron chi connectivity index (χ4n) is 1.73. The summed E-state index contributed by atoms with van der Waals surface area (Å²) in [6.07, 6.45) is 0. The molecule has 0 spiro atoms. The van der Waals surface area contributed by atoms with Crippen LogP contribution in [-0.4, -0.2) is 18.0 Å². The first kappa shape index (κ1) is 13.7. The fraction of sp³-hybridized carbons (Fsp3) is 0. The molecule has 1 aromatic heterocycles. The van der Waals surface area contributed by atoms with E-state index in [4.69, 9.17) is 4.18 Å². The summed E-state index contributed by atoms with van der Waals surface area (Å²) in [6.45, 7) is 0. The maximum absolute atomic E-state index is 12.1. The Balaban J connectivity index is 1.83. The van der Waals surface area contributed by atoms with Gasteiger partial charge in [-0.25, -0.2) is 0 Å². The number of nitrogens with zero attached hydrogens (tertiary/aromatic N) is 2. The maximum Gasteiger partial charge on any atom is 0.339 e. The average Bonchev–Trinajstić information content (AvgIpc) is 3.03. The van der Waals surface area contributed by atoms with Crippen molar-refractivity contribution in [2.75, 3.05) is 0 Å². The second-order valence-corrected chi connectivity index (χ2v) is 6.32. The van der Waals surface area contributed by atoms with Crippen molar-refractivity contribution in [2.45, 2.75) is 4.90 Å². The van der Waals surface area contributed by atoms with Gasteiger partial charge in [0, 0.05) is 10.9 Å². The highest BCUT2D eigenvalue weighted by Crippen LogP contribution is 2.23. The van der Waals surface area contributed by atoms with Crippen LogP contribution in [0.25, 0.3) is 11.3 Å². The number of hydrogen-bond acceptors (Lipinski definition) is 6. The lowest BCUT2D eigenvalue weighted by molar-refractivity contribution is 0.486. The highest BCUT2D eigenvalue weighted by atomic mass is 32.2. The summed E-state index contributed by atoms with van der Waals surface area (Å²) in [4.78, 5) is 0.123. The van der Waals surface area contributed by atoms with E-state index in [0.717, 1.165) is 11.3 Å². The van der Waals surface area contributed by atoms with Gasteiger partial charge in [0.1, 0.15) is 16.3 Å². The fourth-order valence-corrected chi connectivity index (χ4v) is 3.15. The van der Waals surface area contributed by atoms with Gasteiger partial charge in [-0.2, -0.15) is 8.42 Å². The molecule has 21 heavy (non-hydrogen) atoms. The molecule has 3 rings (SSSR count). The third-order valence-electron chi connectivity index (χ3n) is 2.75. The highest BCUT2D eigenvalue weighted by molar-refractivity contribution is 7.87. The van der Waals surface area contributed by atoms with Gasteiger partial charge < -0.3 is 4.18 Å². The average molecular weight is 318 g/mol. The van der Waals surface area contributed by atoms with Gasteiger partial charge in [0.25, 0.3) is 0 Å². The number of benzene rings is 2. The van der Waals surface area contributed by atoms with Crippen molar-refractivity contribution in [1.82, 2.24) is 9.59 Å². The topological polar surface area (TPSA) is 69.2 Å². The summed E-state index contributed by atoms with van der Waals surface area (Å²) in [6, 6.07) is 14.7. The lowest BCUT2D eigenvalue weighted by Gasteiger charge is -2.07. The Morgan fingerprint density at radius 2 is 1.67 bits per heavy atom. The van der Waals surface area contributed by atoms with E-state index in [9.17, 15) is 8.42 Å². The molecule has 0 saturated carbocycles. The van der Waals surface area contributed by atoms with Crippen molar-refractivity contribution in [3.05, 3.63) is 60.0 Å². The molecule has 0 aliphatic heterocycles. The SMILES string of the molecule is O=S(=O)(Oc1ccc(-c2csnn2)cc1)c1ccccc1. The zero-order valence-electron chi connectivity index (χ0n) is 10.7. The molecule has 106 valence electrons. The molecule has 1 heterocycles. The molecule has 7 heteroatoms. The Labute approximate surface area is 126 Å². The first-order valence-corrected chi connectivity index (χ1v) is 8.27. The number of rotatable bonds is 4. The molecular weight excluding hydrogens is 308 g/mol. The molecule has 0 aliphatic carbocycles. The van der Waals surface area contributed by atoms with Gasteiger partial charge in [0.05, 0.1) is 0 Å². The van der Waals surface area contributed by atoms with Gasteiger partial charge in [0.2, 0.25) is 0 Å². The van der Waals surface area contributed by atoms with Crippen LogP contribution in [-0.2, 0) is 10.1 Å². The predicted molar refractivity (Wildman–Crippen MR) is 79.6 cm³/mol. The van der Waals surface area contributed by atoms with Crippen LogP contribution in [0.4, 0.5) is 0 Å². The van der Waals surface area contributed by atoms with Crippen LogP contribution in [0.3, 0.4) is 0 Å². The van der Waals surface area contributed by atoms with Gasteiger partial charge in [0.15, 0.2) is 0 Å². The minimum atomic E-state index is -3.81. The third kappa shape index (κ3) is 3.09. The van der Waals surface area contributed by atoms with E-state index >= 15 is 0 Å². The molecule has 5 nitrogen and oxygen atoms in total. The summed E-state index contributed by atoms with van der Waals surface area (Å²) >= 11 is 1.26. The lowest BCUT2D eigenvalue weighted by Crippen LogP contribution is -2.09. The van der Waals surface area contributed by atoms with Gasteiger partial charge >= 0.3 is 10.1 Å². The second kappa shape index (κ2) is 5.63. The van der Waals surface area contributed by atoms with Crippen LogP contribution in [0.5, 0.6) is 5.75 Å². The maximum atomic E-state index is 12.1. The minimum Gasteiger partial charge on any atom is -0.379 e. The van der Waals surface area contributed by atoms with Gasteiger partial charge in [-0.1, -0.05) is 22.7 Å². The van der Waals surface area contributed by atoms with E-state index in [1.807, 2.05) is 5.38 Å². The van der Waals surface area contributed by atoms with Crippen molar-refractivity contribution in [2.24, 2.45) is 0 Å². The van der Waals surface area contributed by atoms with E-state index < -0.39 is 10.1 Å². The molecule has 0 unspecified atom stereocenters. The smallest absolute Gasteiger partial charge is 0.339 e. The van der Waals surface area contributed by atoms with Crippen molar-refractivity contribution < 1.29 is 12.6 Å². The van der Waals surface area contributed by atoms with E-state index in [1.54, 1.807) is 42.5 Å². The van der Waals surface area contributed by atoms with Crippen molar-refractivity contribution in [3.63, 3.8) is 0 Å². The highest BCUT2D eigenvalue weighted by Gasteiger charge is 2.15. The summed E-state index contributed by atoms with van der Waals surface area (Å²) in [5, 5.41) is 5.76. The molecule has 0 bridgehead atoms. The molecule has 0 saturated heterocycles. The third-order valence-corrected chi connectivity index (χ3v) is 4.51. The zero-order valence-corrected chi connectivity index (χ0v) is 12.3. The van der Waals surface area contributed by atoms with Crippen LogP contribution < -0.4 is 4.18 Å². The van der Waals surface area contributed by atoms with Crippen molar-refractivity contribution in [3.8, 4) is 17.0 Å². The molecule has 0 radical (unpaired) electrons. The Bertz CT molecular complexity index is 814. The summed E-state index contributed by atoms with van der Waals surface area (Å²) in [5.41, 5.74) is 1.60. The largest absolute Gasteiger partial charge is 0.379 e. The molecule has 0 aliphatic rings. The van der Waals surface area contributed by atoms with Crippen LogP contribution in [0.15, 0.2) is 64.9 Å². The minimum absolute atomic E-state index is 0.123. The molecule has 0 atom stereocenters. The molecule has 2 aromatic carbocycles. The quantitative estimate of drug-likeness (QED) is 0.692. The summed E-state index contributed by atoms with van der Waals surface area (Å²) in [5.74, 6) is 0.255.